The van der Waals surface area contributed by atoms with Crippen LogP contribution in [0.5, 0.6) is 0 Å². The van der Waals surface area contributed by atoms with Gasteiger partial charge in [-0.25, -0.2) is 0 Å². The molecule has 0 saturated carbocycles. The van der Waals surface area contributed by atoms with Gasteiger partial charge >= 0.3 is 6.18 Å². The van der Waals surface area contributed by atoms with Crippen LogP contribution in [-0.2, 0) is 0 Å². The summed E-state index contributed by atoms with van der Waals surface area (Å²) < 4.78 is 37.7. The lowest BCUT2D eigenvalue weighted by atomic mass is 9.94. The number of halogens is 3. The molecule has 3 nitrogen and oxygen atoms in total. The normalized spacial score (nSPS) is 18.4. The summed E-state index contributed by atoms with van der Waals surface area (Å²) in [5, 5.41) is 3.66. The van der Waals surface area contributed by atoms with Gasteiger partial charge in [0, 0.05) is 35.1 Å². The molecule has 19 heavy (non-hydrogen) atoms. The van der Waals surface area contributed by atoms with Gasteiger partial charge in [0.15, 0.2) is 0 Å². The molecule has 2 heterocycles. The van der Waals surface area contributed by atoms with Gasteiger partial charge < -0.3 is 10.3 Å². The number of H-pyrrole nitrogens is 1. The van der Waals surface area contributed by atoms with Crippen molar-refractivity contribution in [2.24, 2.45) is 0 Å². The van der Waals surface area contributed by atoms with E-state index in [9.17, 15) is 18.0 Å². The van der Waals surface area contributed by atoms with Crippen LogP contribution in [0.3, 0.4) is 0 Å². The number of nitrogens with one attached hydrogen (secondary N) is 2. The van der Waals surface area contributed by atoms with E-state index in [0.29, 0.717) is 22.2 Å². The molecule has 6 heteroatoms. The molecule has 1 aliphatic rings. The Labute approximate surface area is 106 Å². The summed E-state index contributed by atoms with van der Waals surface area (Å²) in [7, 11) is 0. The first-order valence-corrected chi connectivity index (χ1v) is 5.90. The van der Waals surface area contributed by atoms with E-state index in [1.165, 1.54) is 6.07 Å². The van der Waals surface area contributed by atoms with Crippen LogP contribution < -0.4 is 10.9 Å². The highest BCUT2D eigenvalue weighted by molar-refractivity contribution is 5.89. The van der Waals surface area contributed by atoms with E-state index in [2.05, 4.69) is 10.3 Å². The summed E-state index contributed by atoms with van der Waals surface area (Å²) in [6, 6.07) is 6.34. The van der Waals surface area contributed by atoms with E-state index in [1.54, 1.807) is 18.2 Å². The fraction of sp³-hybridized carbons (Fsp3) is 0.308. The van der Waals surface area contributed by atoms with Crippen LogP contribution in [-0.4, -0.2) is 17.7 Å². The molecule has 0 spiro atoms. The van der Waals surface area contributed by atoms with E-state index in [1.807, 2.05) is 0 Å². The second-order valence-electron chi connectivity index (χ2n) is 4.71. The number of pyridine rings is 1. The summed E-state index contributed by atoms with van der Waals surface area (Å²) in [5.41, 5.74) is 1.67. The third-order valence-corrected chi connectivity index (χ3v) is 3.37. The van der Waals surface area contributed by atoms with Crippen LogP contribution >= 0.6 is 0 Å². The first-order chi connectivity index (χ1) is 8.94. The van der Waals surface area contributed by atoms with Crippen LogP contribution in [0, 0.1) is 0 Å². The van der Waals surface area contributed by atoms with Crippen molar-refractivity contribution < 1.29 is 13.2 Å². The lowest BCUT2D eigenvalue weighted by molar-refractivity contribution is -0.137. The summed E-state index contributed by atoms with van der Waals surface area (Å²) in [6.45, 7) is 0.271. The van der Waals surface area contributed by atoms with Gasteiger partial charge in [-0.15, -0.1) is 0 Å². The van der Waals surface area contributed by atoms with Crippen molar-refractivity contribution in [2.45, 2.75) is 18.5 Å². The average molecular weight is 268 g/mol. The summed E-state index contributed by atoms with van der Waals surface area (Å²) in [5.74, 6) is -0.607. The quantitative estimate of drug-likeness (QED) is 0.835. The Balaban J connectivity index is 2.15. The summed E-state index contributed by atoms with van der Waals surface area (Å²) in [4.78, 5) is 13.9. The zero-order valence-corrected chi connectivity index (χ0v) is 9.84. The molecule has 1 aromatic heterocycles. The molecule has 2 aromatic rings. The third-order valence-electron chi connectivity index (χ3n) is 3.37. The van der Waals surface area contributed by atoms with Gasteiger partial charge in [0.1, 0.15) is 0 Å². The van der Waals surface area contributed by atoms with Gasteiger partial charge in [0.05, 0.1) is 6.42 Å². The zero-order valence-electron chi connectivity index (χ0n) is 9.84. The Kier molecular flexibility index (Phi) is 2.55. The number of fused-ring (bicyclic) bond motifs is 3. The first-order valence-electron chi connectivity index (χ1n) is 5.90. The standard InChI is InChI=1S/C13H11F3N2O/c14-13(15,16)5-7-6-17-10-3-2-9-8(12(7)10)1-4-11(19)18-9/h1-4,7,17H,5-6H2,(H,18,19). The van der Waals surface area contributed by atoms with Crippen LogP contribution in [0.4, 0.5) is 18.9 Å². The molecule has 0 bridgehead atoms. The molecule has 100 valence electrons. The second kappa shape index (κ2) is 4.01. The van der Waals surface area contributed by atoms with Gasteiger partial charge in [0.25, 0.3) is 0 Å². The van der Waals surface area contributed by atoms with E-state index >= 15 is 0 Å². The Morgan fingerprint density at radius 3 is 2.74 bits per heavy atom. The highest BCUT2D eigenvalue weighted by Gasteiger charge is 2.36. The fourth-order valence-corrected chi connectivity index (χ4v) is 2.64. The Bertz CT molecular complexity index is 690. The third kappa shape index (κ3) is 2.18. The first kappa shape index (κ1) is 12.1. The van der Waals surface area contributed by atoms with Crippen LogP contribution in [0.15, 0.2) is 29.1 Å². The molecule has 1 unspecified atom stereocenters. The van der Waals surface area contributed by atoms with E-state index in [0.717, 1.165) is 0 Å². The minimum Gasteiger partial charge on any atom is -0.384 e. The zero-order chi connectivity index (χ0) is 13.6. The van der Waals surface area contributed by atoms with E-state index in [-0.39, 0.29) is 12.1 Å². The molecule has 2 N–H and O–H groups in total. The lowest BCUT2D eigenvalue weighted by Crippen LogP contribution is -2.15. The second-order valence-corrected chi connectivity index (χ2v) is 4.71. The highest BCUT2D eigenvalue weighted by atomic mass is 19.4. The molecule has 0 aliphatic carbocycles. The van der Waals surface area contributed by atoms with Crippen molar-refractivity contribution in [3.05, 3.63) is 40.2 Å². The number of benzene rings is 1. The molecule has 0 radical (unpaired) electrons. The van der Waals surface area contributed by atoms with Gasteiger partial charge in [0.2, 0.25) is 5.56 Å². The van der Waals surface area contributed by atoms with Crippen LogP contribution in [0.25, 0.3) is 10.9 Å². The molecular weight excluding hydrogens is 257 g/mol. The molecule has 1 atom stereocenters. The minimum absolute atomic E-state index is 0.259. The van der Waals surface area contributed by atoms with Gasteiger partial charge in [-0.05, 0) is 23.8 Å². The van der Waals surface area contributed by atoms with Crippen molar-refractivity contribution in [1.82, 2.24) is 4.98 Å². The predicted molar refractivity (Wildman–Crippen MR) is 66.5 cm³/mol. The fourth-order valence-electron chi connectivity index (χ4n) is 2.64. The SMILES string of the molecule is O=c1ccc2c3c(ccc2[nH]1)NCC3CC(F)(F)F. The maximum absolute atomic E-state index is 12.6. The number of aromatic amines is 1. The van der Waals surface area contributed by atoms with Crippen LogP contribution in [0.2, 0.25) is 0 Å². The monoisotopic (exact) mass is 268 g/mol. The number of hydrogen-bond donors (Lipinski definition) is 2. The van der Waals surface area contributed by atoms with Crippen molar-refractivity contribution in [1.29, 1.82) is 0 Å². The lowest BCUT2D eigenvalue weighted by Gasteiger charge is -2.14. The van der Waals surface area contributed by atoms with Gasteiger partial charge in [-0.2, -0.15) is 13.2 Å². The van der Waals surface area contributed by atoms with Crippen LogP contribution in [0.1, 0.15) is 17.9 Å². The van der Waals surface area contributed by atoms with Gasteiger partial charge in [-0.1, -0.05) is 0 Å². The summed E-state index contributed by atoms with van der Waals surface area (Å²) >= 11 is 0. The molecule has 3 rings (SSSR count). The number of anilines is 1. The van der Waals surface area contributed by atoms with Crippen molar-refractivity contribution in [3.63, 3.8) is 0 Å². The Morgan fingerprint density at radius 2 is 2.00 bits per heavy atom. The largest absolute Gasteiger partial charge is 0.389 e. The van der Waals surface area contributed by atoms with Gasteiger partial charge in [-0.3, -0.25) is 4.79 Å². The highest BCUT2D eigenvalue weighted by Crippen LogP contribution is 2.41. The molecule has 0 saturated heterocycles. The van der Waals surface area contributed by atoms with Crippen molar-refractivity contribution in [2.75, 3.05) is 11.9 Å². The van der Waals surface area contributed by atoms with Crippen molar-refractivity contribution in [3.8, 4) is 0 Å². The number of hydrogen-bond acceptors (Lipinski definition) is 2. The van der Waals surface area contributed by atoms with Crippen molar-refractivity contribution >= 4 is 16.6 Å². The minimum atomic E-state index is -4.20. The van der Waals surface area contributed by atoms with E-state index < -0.39 is 18.5 Å². The molecule has 1 aliphatic heterocycles. The molecule has 1 aromatic carbocycles. The topological polar surface area (TPSA) is 44.9 Å². The van der Waals surface area contributed by atoms with E-state index in [4.69, 9.17) is 0 Å². The number of rotatable bonds is 1. The smallest absolute Gasteiger partial charge is 0.384 e. The number of alkyl halides is 3. The molecule has 0 fully saturated rings. The number of aromatic nitrogens is 1. The maximum atomic E-state index is 12.6. The maximum Gasteiger partial charge on any atom is 0.389 e. The molecular formula is C13H11F3N2O. The predicted octanol–water partition coefficient (Wildman–Crippen LogP) is 2.99. The summed E-state index contributed by atoms with van der Waals surface area (Å²) in [6.07, 6.45) is -5.05. The Hall–Kier alpha value is -1.98. The average Bonchev–Trinajstić information content (AvgIpc) is 2.70. The Morgan fingerprint density at radius 1 is 1.21 bits per heavy atom. The molecule has 0 amide bonds.